The number of anilines is 1. The van der Waals surface area contributed by atoms with E-state index in [4.69, 9.17) is 16.1 Å². The summed E-state index contributed by atoms with van der Waals surface area (Å²) in [6.07, 6.45) is 8.77. The first kappa shape index (κ1) is 28.3. The van der Waals surface area contributed by atoms with Crippen LogP contribution in [-0.2, 0) is 0 Å². The molecule has 230 valence electrons. The van der Waals surface area contributed by atoms with Gasteiger partial charge in [-0.1, -0.05) is 49.3 Å². The van der Waals surface area contributed by atoms with Gasteiger partial charge < -0.3 is 15.0 Å². The van der Waals surface area contributed by atoms with E-state index in [0.717, 1.165) is 18.4 Å². The largest absolute Gasteiger partial charge is 0.461 e. The van der Waals surface area contributed by atoms with E-state index >= 15 is 4.39 Å². The number of fused-ring (bicyclic) bond motifs is 5. The summed E-state index contributed by atoms with van der Waals surface area (Å²) in [5.41, 5.74) is 0.953. The van der Waals surface area contributed by atoms with Crippen LogP contribution in [0.5, 0.6) is 6.01 Å². The van der Waals surface area contributed by atoms with Crippen LogP contribution < -0.4 is 15.0 Å². The van der Waals surface area contributed by atoms with E-state index in [2.05, 4.69) is 44.5 Å². The molecule has 6 heterocycles. The molecule has 45 heavy (non-hydrogen) atoms. The van der Waals surface area contributed by atoms with Crippen LogP contribution in [0.4, 0.5) is 19.0 Å². The molecule has 3 unspecified atom stereocenters. The fourth-order valence-electron chi connectivity index (χ4n) is 8.07. The first-order chi connectivity index (χ1) is 21.8. The van der Waals surface area contributed by atoms with Gasteiger partial charge in [0, 0.05) is 61.8 Å². The molecule has 2 aromatic carbocycles. The van der Waals surface area contributed by atoms with E-state index in [1.165, 1.54) is 6.07 Å². The Kier molecular flexibility index (Phi) is 6.55. The molecule has 4 saturated heterocycles. The highest BCUT2D eigenvalue weighted by molar-refractivity contribution is 6.02. The predicted octanol–water partition coefficient (Wildman–Crippen LogP) is 5.41. The summed E-state index contributed by atoms with van der Waals surface area (Å²) in [6, 6.07) is 8.81. The molecule has 0 spiro atoms. The Hall–Kier alpha value is -4.20. The molecular weight excluding hydrogens is 577 g/mol. The van der Waals surface area contributed by atoms with Gasteiger partial charge in [-0.15, -0.1) is 6.42 Å². The molecule has 0 aliphatic carbocycles. The molecule has 10 heteroatoms. The maximum Gasteiger partial charge on any atom is 0.319 e. The fraction of sp³-hybridized carbons (Fsp3) is 0.400. The highest BCUT2D eigenvalue weighted by Crippen LogP contribution is 2.46. The third kappa shape index (κ3) is 4.39. The van der Waals surface area contributed by atoms with Crippen molar-refractivity contribution in [2.45, 2.75) is 50.0 Å². The molecule has 8 rings (SSSR count). The van der Waals surface area contributed by atoms with Gasteiger partial charge in [0.25, 0.3) is 0 Å². The molecule has 0 saturated carbocycles. The maximum absolute atomic E-state index is 16.8. The van der Waals surface area contributed by atoms with Crippen molar-refractivity contribution in [1.82, 2.24) is 25.2 Å². The highest BCUT2D eigenvalue weighted by Gasteiger charge is 2.55. The minimum atomic E-state index is -0.960. The van der Waals surface area contributed by atoms with Crippen molar-refractivity contribution in [3.63, 3.8) is 0 Å². The van der Waals surface area contributed by atoms with Crippen LogP contribution in [0.2, 0.25) is 0 Å². The van der Waals surface area contributed by atoms with Gasteiger partial charge >= 0.3 is 6.01 Å². The number of piperazine rings is 1. The van der Waals surface area contributed by atoms with E-state index in [0.29, 0.717) is 72.2 Å². The van der Waals surface area contributed by atoms with Crippen LogP contribution in [0, 0.1) is 29.9 Å². The van der Waals surface area contributed by atoms with Crippen LogP contribution in [0.3, 0.4) is 0 Å². The van der Waals surface area contributed by atoms with Crippen LogP contribution >= 0.6 is 0 Å². The van der Waals surface area contributed by atoms with Crippen LogP contribution in [0.15, 0.2) is 48.7 Å². The predicted molar refractivity (Wildman–Crippen MR) is 168 cm³/mol. The fourth-order valence-corrected chi connectivity index (χ4v) is 8.07. The summed E-state index contributed by atoms with van der Waals surface area (Å²) in [5.74, 6) is 1.76. The molecule has 0 radical (unpaired) electrons. The van der Waals surface area contributed by atoms with Crippen LogP contribution in [-0.4, -0.2) is 76.4 Å². The Labute approximate surface area is 259 Å². The van der Waals surface area contributed by atoms with Crippen LogP contribution in [0.25, 0.3) is 32.9 Å². The van der Waals surface area contributed by atoms with Gasteiger partial charge in [0.05, 0.1) is 16.5 Å². The van der Waals surface area contributed by atoms with E-state index in [1.807, 2.05) is 0 Å². The third-order valence-electron chi connectivity index (χ3n) is 10.4. The van der Waals surface area contributed by atoms with Crippen molar-refractivity contribution in [1.29, 1.82) is 0 Å². The lowest BCUT2D eigenvalue weighted by Gasteiger charge is -2.35. The number of hydrogen-bond donors (Lipinski definition) is 1. The zero-order valence-electron chi connectivity index (χ0n) is 25.0. The number of nitrogens with zero attached hydrogens (tertiary/aromatic N) is 5. The van der Waals surface area contributed by atoms with Crippen LogP contribution in [0.1, 0.15) is 31.7 Å². The Balaban J connectivity index is 1.26. The Morgan fingerprint density at radius 1 is 1.13 bits per heavy atom. The quantitative estimate of drug-likeness (QED) is 0.240. The van der Waals surface area contributed by atoms with Crippen molar-refractivity contribution in [2.24, 2.45) is 5.92 Å². The first-order valence-electron chi connectivity index (χ1n) is 15.5. The molecular formula is C35H33F3N6O. The van der Waals surface area contributed by atoms with Crippen molar-refractivity contribution in [2.75, 3.05) is 37.7 Å². The second kappa shape index (κ2) is 10.4. The Bertz CT molecular complexity index is 1910. The molecule has 0 amide bonds. The van der Waals surface area contributed by atoms with Crippen molar-refractivity contribution < 1.29 is 17.9 Å². The second-order valence-corrected chi connectivity index (χ2v) is 13.0. The summed E-state index contributed by atoms with van der Waals surface area (Å²) in [4.78, 5) is 18.3. The number of alkyl halides is 1. The van der Waals surface area contributed by atoms with Gasteiger partial charge in [-0.05, 0) is 30.2 Å². The summed E-state index contributed by atoms with van der Waals surface area (Å²) >= 11 is 0. The molecule has 5 atom stereocenters. The van der Waals surface area contributed by atoms with Gasteiger partial charge in [-0.25, -0.2) is 13.2 Å². The summed E-state index contributed by atoms with van der Waals surface area (Å²) in [7, 11) is 0. The number of terminal acetylenes is 1. The zero-order valence-corrected chi connectivity index (χ0v) is 25.0. The zero-order chi connectivity index (χ0) is 31.0. The monoisotopic (exact) mass is 610 g/mol. The lowest BCUT2D eigenvalue weighted by atomic mass is 9.83. The van der Waals surface area contributed by atoms with E-state index in [9.17, 15) is 8.78 Å². The summed E-state index contributed by atoms with van der Waals surface area (Å²) in [6.45, 7) is 8.78. The molecule has 7 nitrogen and oxygen atoms in total. The van der Waals surface area contributed by atoms with Gasteiger partial charge in [0.1, 0.15) is 35.6 Å². The number of hydrogen-bond acceptors (Lipinski definition) is 7. The summed E-state index contributed by atoms with van der Waals surface area (Å²) < 4.78 is 52.6. The van der Waals surface area contributed by atoms with E-state index in [-0.39, 0.29) is 35.3 Å². The lowest BCUT2D eigenvalue weighted by Crippen LogP contribution is -2.51. The average Bonchev–Trinajstić information content (AvgIpc) is 3.62. The number of ether oxygens (including phenoxy) is 1. The first-order valence-corrected chi connectivity index (χ1v) is 15.5. The average molecular weight is 611 g/mol. The smallest absolute Gasteiger partial charge is 0.319 e. The van der Waals surface area contributed by atoms with Gasteiger partial charge in [-0.2, -0.15) is 9.97 Å². The maximum atomic E-state index is 16.8. The number of benzene rings is 2. The molecule has 1 N–H and O–H groups in total. The molecule has 4 aromatic rings. The SMILES string of the molecule is C#Cc1c(F)ccc2cccc(-c3ncc4c(N5CC6CCC(C5)N6)nc(OC[C@@]56C[C@@H](F)CN5CC(=C)C6C)nc4c3F)c12. The molecule has 2 aromatic heterocycles. The number of halogens is 3. The number of rotatable bonds is 5. The molecule has 4 aliphatic heterocycles. The molecule has 4 fully saturated rings. The number of nitrogens with one attached hydrogen (secondary N) is 1. The number of pyridine rings is 1. The van der Waals surface area contributed by atoms with Gasteiger partial charge in [0.15, 0.2) is 5.82 Å². The third-order valence-corrected chi connectivity index (χ3v) is 10.4. The normalized spacial score (nSPS) is 27.8. The highest BCUT2D eigenvalue weighted by atomic mass is 19.1. The van der Waals surface area contributed by atoms with Crippen molar-refractivity contribution in [3.05, 3.63) is 65.9 Å². The lowest BCUT2D eigenvalue weighted by molar-refractivity contribution is 0.0810. The minimum absolute atomic E-state index is 0.00716. The topological polar surface area (TPSA) is 66.4 Å². The van der Waals surface area contributed by atoms with Crippen molar-refractivity contribution >= 4 is 27.5 Å². The Morgan fingerprint density at radius 2 is 1.93 bits per heavy atom. The second-order valence-electron chi connectivity index (χ2n) is 13.0. The van der Waals surface area contributed by atoms with Gasteiger partial charge in [0.2, 0.25) is 0 Å². The van der Waals surface area contributed by atoms with Gasteiger partial charge in [-0.3, -0.25) is 9.88 Å². The molecule has 4 aliphatic rings. The number of aromatic nitrogens is 3. The Morgan fingerprint density at radius 3 is 2.71 bits per heavy atom. The van der Waals surface area contributed by atoms with Crippen molar-refractivity contribution in [3.8, 4) is 29.6 Å². The van der Waals surface area contributed by atoms with E-state index in [1.54, 1.807) is 30.5 Å². The molecule has 2 bridgehead atoms. The minimum Gasteiger partial charge on any atom is -0.461 e. The summed E-state index contributed by atoms with van der Waals surface area (Å²) in [5, 5.41) is 5.16. The standard InChI is InChI=1S/C35H33F3N6O/c1-4-25-28(37)11-8-21-6-5-7-26(29(21)25)31-30(38)32-27(13-39-31)33(43-16-23-9-10-24(17-43)40-23)42-34(41-32)45-18-35-12-22(36)15-44(35)14-19(2)20(35)3/h1,5-8,11,13,20,22-24,40H,2,9-10,12,14-18H2,3H3/t20?,22-,23?,24?,35-/m1/s1. The van der Waals surface area contributed by atoms with E-state index < -0.39 is 23.3 Å².